The third kappa shape index (κ3) is 6.79. The molecule has 5 nitrogen and oxygen atoms in total. The largest absolute Gasteiger partial charge is 0.497 e. The van der Waals surface area contributed by atoms with Crippen molar-refractivity contribution in [2.45, 2.75) is 32.1 Å². The van der Waals surface area contributed by atoms with Crippen molar-refractivity contribution >= 4 is 11.9 Å². The number of likely N-dealkylation sites (N-methyl/N-ethyl adjacent to an activating group) is 1. The van der Waals surface area contributed by atoms with E-state index in [0.717, 1.165) is 31.4 Å². The van der Waals surface area contributed by atoms with Crippen molar-refractivity contribution in [3.05, 3.63) is 29.8 Å². The first kappa shape index (κ1) is 17.0. The summed E-state index contributed by atoms with van der Waals surface area (Å²) in [5.41, 5.74) is 1.25. The van der Waals surface area contributed by atoms with Gasteiger partial charge in [0, 0.05) is 13.5 Å². The molecule has 0 aromatic heterocycles. The van der Waals surface area contributed by atoms with Gasteiger partial charge in [-0.2, -0.15) is 0 Å². The van der Waals surface area contributed by atoms with Crippen molar-refractivity contribution in [3.63, 3.8) is 0 Å². The maximum Gasteiger partial charge on any atom is 0.323 e. The summed E-state index contributed by atoms with van der Waals surface area (Å²) in [4.78, 5) is 23.4. The second-order valence-electron chi connectivity index (χ2n) is 5.05. The number of aryl methyl sites for hydroxylation is 1. The number of nitrogens with zero attached hydrogens (tertiary/aromatic N) is 1. The number of carbonyl (C=O) groups is 2. The lowest BCUT2D eigenvalue weighted by molar-refractivity contribution is -0.143. The zero-order chi connectivity index (χ0) is 15.7. The highest BCUT2D eigenvalue weighted by molar-refractivity contribution is 5.80. The highest BCUT2D eigenvalue weighted by atomic mass is 16.5. The van der Waals surface area contributed by atoms with E-state index in [4.69, 9.17) is 9.84 Å². The van der Waals surface area contributed by atoms with Crippen molar-refractivity contribution < 1.29 is 19.4 Å². The fraction of sp³-hybridized carbons (Fsp3) is 0.500. The van der Waals surface area contributed by atoms with Gasteiger partial charge in [0.2, 0.25) is 5.91 Å². The van der Waals surface area contributed by atoms with Crippen LogP contribution in [0.4, 0.5) is 0 Å². The number of hydrogen-bond donors (Lipinski definition) is 1. The van der Waals surface area contributed by atoms with Crippen LogP contribution >= 0.6 is 0 Å². The normalized spacial score (nSPS) is 10.2. The van der Waals surface area contributed by atoms with E-state index in [1.54, 1.807) is 7.11 Å². The molecule has 21 heavy (non-hydrogen) atoms. The van der Waals surface area contributed by atoms with Gasteiger partial charge in [-0.1, -0.05) is 18.6 Å². The number of rotatable bonds is 9. The minimum atomic E-state index is -0.981. The van der Waals surface area contributed by atoms with Crippen molar-refractivity contribution in [2.75, 3.05) is 20.7 Å². The molecule has 116 valence electrons. The summed E-state index contributed by atoms with van der Waals surface area (Å²) in [6.07, 6.45) is 4.15. The van der Waals surface area contributed by atoms with Gasteiger partial charge in [-0.3, -0.25) is 9.59 Å². The highest BCUT2D eigenvalue weighted by Crippen LogP contribution is 2.14. The molecule has 1 amide bonds. The number of ether oxygens (including phenoxy) is 1. The van der Waals surface area contributed by atoms with Crippen LogP contribution in [0, 0.1) is 0 Å². The molecule has 5 heteroatoms. The third-order valence-electron chi connectivity index (χ3n) is 3.31. The Kier molecular flexibility index (Phi) is 7.29. The summed E-state index contributed by atoms with van der Waals surface area (Å²) >= 11 is 0. The number of hydrogen-bond acceptors (Lipinski definition) is 3. The van der Waals surface area contributed by atoms with E-state index < -0.39 is 5.97 Å². The Morgan fingerprint density at radius 1 is 1.14 bits per heavy atom. The molecule has 0 radical (unpaired) electrons. The fourth-order valence-electron chi connectivity index (χ4n) is 2.06. The summed E-state index contributed by atoms with van der Waals surface area (Å²) in [7, 11) is 3.17. The molecule has 0 saturated heterocycles. The van der Waals surface area contributed by atoms with E-state index in [1.807, 2.05) is 24.3 Å². The quantitative estimate of drug-likeness (QED) is 0.710. The van der Waals surface area contributed by atoms with Crippen LogP contribution in [0.3, 0.4) is 0 Å². The summed E-state index contributed by atoms with van der Waals surface area (Å²) in [5.74, 6) is -0.238. The van der Waals surface area contributed by atoms with Gasteiger partial charge in [0.25, 0.3) is 0 Å². The predicted molar refractivity (Wildman–Crippen MR) is 80.4 cm³/mol. The zero-order valence-corrected chi connectivity index (χ0v) is 12.7. The average molecular weight is 293 g/mol. The van der Waals surface area contributed by atoms with E-state index in [1.165, 1.54) is 17.5 Å². The third-order valence-corrected chi connectivity index (χ3v) is 3.31. The average Bonchev–Trinajstić information content (AvgIpc) is 2.46. The van der Waals surface area contributed by atoms with Gasteiger partial charge >= 0.3 is 5.97 Å². The van der Waals surface area contributed by atoms with Gasteiger partial charge in [-0.15, -0.1) is 0 Å². The maximum atomic E-state index is 11.6. The molecule has 0 aliphatic rings. The van der Waals surface area contributed by atoms with E-state index in [-0.39, 0.29) is 12.5 Å². The van der Waals surface area contributed by atoms with Crippen LogP contribution in [-0.4, -0.2) is 42.6 Å². The topological polar surface area (TPSA) is 66.8 Å². The Hall–Kier alpha value is -2.04. The molecule has 0 atom stereocenters. The molecule has 1 aromatic carbocycles. The molecule has 1 N–H and O–H groups in total. The number of amides is 1. The van der Waals surface area contributed by atoms with Gasteiger partial charge in [-0.25, -0.2) is 0 Å². The molecule has 0 spiro atoms. The number of unbranched alkanes of at least 4 members (excludes halogenated alkanes) is 2. The van der Waals surface area contributed by atoms with E-state index in [0.29, 0.717) is 6.42 Å². The molecular weight excluding hydrogens is 270 g/mol. The smallest absolute Gasteiger partial charge is 0.323 e. The summed E-state index contributed by atoms with van der Waals surface area (Å²) in [5, 5.41) is 8.60. The Bertz CT molecular complexity index is 456. The predicted octanol–water partition coefficient (Wildman–Crippen LogP) is 2.34. The lowest BCUT2D eigenvalue weighted by atomic mass is 10.1. The number of aliphatic carboxylic acids is 1. The fourth-order valence-corrected chi connectivity index (χ4v) is 2.06. The molecule has 0 saturated carbocycles. The van der Waals surface area contributed by atoms with Crippen molar-refractivity contribution in [1.29, 1.82) is 0 Å². The molecule has 1 rings (SSSR count). The molecule has 0 fully saturated rings. The van der Waals surface area contributed by atoms with Gasteiger partial charge in [0.05, 0.1) is 7.11 Å². The van der Waals surface area contributed by atoms with Crippen molar-refractivity contribution in [1.82, 2.24) is 4.90 Å². The lowest BCUT2D eigenvalue weighted by Crippen LogP contribution is -2.31. The van der Waals surface area contributed by atoms with Crippen LogP contribution in [0.5, 0.6) is 5.75 Å². The molecule has 0 aliphatic heterocycles. The molecule has 0 bridgehead atoms. The Labute approximate surface area is 125 Å². The minimum absolute atomic E-state index is 0.109. The Morgan fingerprint density at radius 3 is 2.38 bits per heavy atom. The molecule has 1 aromatic rings. The van der Waals surface area contributed by atoms with Crippen molar-refractivity contribution in [2.24, 2.45) is 0 Å². The summed E-state index contributed by atoms with van der Waals surface area (Å²) in [6.45, 7) is -0.231. The summed E-state index contributed by atoms with van der Waals surface area (Å²) < 4.78 is 5.10. The van der Waals surface area contributed by atoms with Crippen LogP contribution < -0.4 is 4.74 Å². The van der Waals surface area contributed by atoms with Crippen molar-refractivity contribution in [3.8, 4) is 5.75 Å². The van der Waals surface area contributed by atoms with Crippen LogP contribution in [-0.2, 0) is 16.0 Å². The zero-order valence-electron chi connectivity index (χ0n) is 12.7. The second-order valence-corrected chi connectivity index (χ2v) is 5.05. The lowest BCUT2D eigenvalue weighted by Gasteiger charge is -2.14. The van der Waals surface area contributed by atoms with Gasteiger partial charge in [0.15, 0.2) is 0 Å². The first-order valence-electron chi connectivity index (χ1n) is 7.11. The number of carboxylic acids is 1. The van der Waals surface area contributed by atoms with Gasteiger partial charge < -0.3 is 14.7 Å². The van der Waals surface area contributed by atoms with Crippen LogP contribution in [0.1, 0.15) is 31.2 Å². The summed E-state index contributed by atoms with van der Waals surface area (Å²) in [6, 6.07) is 7.98. The Balaban J connectivity index is 2.16. The maximum absolute atomic E-state index is 11.6. The number of carboxylic acid groups (broad SMARTS) is 1. The molecule has 0 aliphatic carbocycles. The monoisotopic (exact) mass is 293 g/mol. The highest BCUT2D eigenvalue weighted by Gasteiger charge is 2.11. The molecule has 0 unspecified atom stereocenters. The molecular formula is C16H23NO4. The Morgan fingerprint density at radius 2 is 1.81 bits per heavy atom. The van der Waals surface area contributed by atoms with Gasteiger partial charge in [0.1, 0.15) is 12.3 Å². The SMILES string of the molecule is COc1ccc(CCCCCC(=O)N(C)CC(=O)O)cc1. The van der Waals surface area contributed by atoms with E-state index >= 15 is 0 Å². The number of methoxy groups -OCH3 is 1. The van der Waals surface area contributed by atoms with Crippen LogP contribution in [0.25, 0.3) is 0 Å². The van der Waals surface area contributed by atoms with Gasteiger partial charge in [-0.05, 0) is 37.0 Å². The number of carbonyl (C=O) groups excluding carboxylic acids is 1. The van der Waals surface area contributed by atoms with Crippen LogP contribution in [0.2, 0.25) is 0 Å². The van der Waals surface area contributed by atoms with Crippen LogP contribution in [0.15, 0.2) is 24.3 Å². The second kappa shape index (κ2) is 9.00. The minimum Gasteiger partial charge on any atom is -0.497 e. The number of benzene rings is 1. The standard InChI is InChI=1S/C16H23NO4/c1-17(12-16(19)20)15(18)7-5-3-4-6-13-8-10-14(21-2)11-9-13/h8-11H,3-7,12H2,1-2H3,(H,19,20). The van der Waals surface area contributed by atoms with E-state index in [2.05, 4.69) is 0 Å². The molecule has 0 heterocycles. The van der Waals surface area contributed by atoms with E-state index in [9.17, 15) is 9.59 Å². The first-order chi connectivity index (χ1) is 10.0. The first-order valence-corrected chi connectivity index (χ1v) is 7.11.